The molecule has 2 heterocycles. The van der Waals surface area contributed by atoms with E-state index in [0.29, 0.717) is 26.1 Å². The topological polar surface area (TPSA) is 80.4 Å². The number of hydrogen-bond donors (Lipinski definition) is 4. The monoisotopic (exact) mass is 302 g/mol. The highest BCUT2D eigenvalue weighted by molar-refractivity contribution is 5.83. The standard InChI is InChI=1S/C16H22N4O2/c1-20-10-14(21)7-13(20)9-19-16(22)18-8-12-4-2-3-11-5-6-17-15(11)12/h2-6,13-14,17,21H,7-10H2,1H3,(H2,18,19,22). The molecule has 1 aliphatic heterocycles. The number of para-hydroxylation sites is 1. The number of carbonyl (C=O) groups excluding carboxylic acids is 1. The third-order valence-corrected chi connectivity index (χ3v) is 4.28. The number of nitrogens with one attached hydrogen (secondary N) is 3. The fourth-order valence-electron chi connectivity index (χ4n) is 3.03. The lowest BCUT2D eigenvalue weighted by atomic mass is 10.1. The van der Waals surface area contributed by atoms with Gasteiger partial charge >= 0.3 is 6.03 Å². The molecule has 2 amide bonds. The second-order valence-corrected chi connectivity index (χ2v) is 5.91. The molecule has 0 bridgehead atoms. The van der Waals surface area contributed by atoms with Crippen LogP contribution in [0, 0.1) is 0 Å². The van der Waals surface area contributed by atoms with Gasteiger partial charge in [-0.1, -0.05) is 18.2 Å². The van der Waals surface area contributed by atoms with E-state index in [2.05, 4.69) is 20.5 Å². The Kier molecular flexibility index (Phi) is 4.31. The molecule has 0 radical (unpaired) electrons. The van der Waals surface area contributed by atoms with Crippen LogP contribution in [0.4, 0.5) is 4.79 Å². The first kappa shape index (κ1) is 14.9. The molecule has 4 N–H and O–H groups in total. The molecule has 2 aromatic rings. The van der Waals surface area contributed by atoms with Gasteiger partial charge in [0.1, 0.15) is 0 Å². The van der Waals surface area contributed by atoms with Gasteiger partial charge in [-0.05, 0) is 30.5 Å². The van der Waals surface area contributed by atoms with E-state index in [0.717, 1.165) is 16.5 Å². The Morgan fingerprint density at radius 1 is 1.41 bits per heavy atom. The number of urea groups is 1. The van der Waals surface area contributed by atoms with Crippen LogP contribution in [0.2, 0.25) is 0 Å². The maximum absolute atomic E-state index is 11.9. The summed E-state index contributed by atoms with van der Waals surface area (Å²) in [5, 5.41) is 16.5. The number of nitrogens with zero attached hydrogens (tertiary/aromatic N) is 1. The second kappa shape index (κ2) is 6.37. The molecule has 1 fully saturated rings. The molecule has 2 atom stereocenters. The summed E-state index contributed by atoms with van der Waals surface area (Å²) in [5.41, 5.74) is 2.12. The number of aliphatic hydroxyl groups is 1. The number of aliphatic hydroxyl groups excluding tert-OH is 1. The number of likely N-dealkylation sites (tertiary alicyclic amines) is 1. The molecule has 0 aliphatic carbocycles. The van der Waals surface area contributed by atoms with E-state index < -0.39 is 0 Å². The predicted octanol–water partition coefficient (Wildman–Crippen LogP) is 1.03. The van der Waals surface area contributed by atoms with Crippen LogP contribution < -0.4 is 10.6 Å². The second-order valence-electron chi connectivity index (χ2n) is 5.91. The fraction of sp³-hybridized carbons (Fsp3) is 0.438. The van der Waals surface area contributed by atoms with E-state index in [9.17, 15) is 9.90 Å². The smallest absolute Gasteiger partial charge is 0.315 e. The predicted molar refractivity (Wildman–Crippen MR) is 85.6 cm³/mol. The van der Waals surface area contributed by atoms with Gasteiger partial charge in [0.2, 0.25) is 0 Å². The van der Waals surface area contributed by atoms with Crippen LogP contribution >= 0.6 is 0 Å². The normalized spacial score (nSPS) is 22.1. The Morgan fingerprint density at radius 2 is 2.27 bits per heavy atom. The van der Waals surface area contributed by atoms with Crippen molar-refractivity contribution < 1.29 is 9.90 Å². The first-order chi connectivity index (χ1) is 10.6. The first-order valence-corrected chi connectivity index (χ1v) is 7.58. The molecular weight excluding hydrogens is 280 g/mol. The van der Waals surface area contributed by atoms with Crippen LogP contribution in [-0.2, 0) is 6.54 Å². The SMILES string of the molecule is CN1CC(O)CC1CNC(=O)NCc1cccc2cc[nH]c12. The fourth-order valence-corrected chi connectivity index (χ4v) is 3.03. The van der Waals surface area contributed by atoms with Crippen molar-refractivity contribution >= 4 is 16.9 Å². The van der Waals surface area contributed by atoms with E-state index in [1.54, 1.807) is 0 Å². The lowest BCUT2D eigenvalue weighted by molar-refractivity contribution is 0.182. The zero-order valence-corrected chi connectivity index (χ0v) is 12.7. The molecule has 3 rings (SSSR count). The highest BCUT2D eigenvalue weighted by Crippen LogP contribution is 2.17. The number of β-amino-alcohol motifs (C(OH)–C–C–N with tert-alkyl or cyclic N) is 1. The summed E-state index contributed by atoms with van der Waals surface area (Å²) < 4.78 is 0. The van der Waals surface area contributed by atoms with Crippen LogP contribution in [0.3, 0.4) is 0 Å². The molecule has 1 aromatic carbocycles. The number of fused-ring (bicyclic) bond motifs is 1. The summed E-state index contributed by atoms with van der Waals surface area (Å²) in [5.74, 6) is 0. The van der Waals surface area contributed by atoms with Crippen molar-refractivity contribution in [3.63, 3.8) is 0 Å². The number of carbonyl (C=O) groups is 1. The van der Waals surface area contributed by atoms with Gasteiger partial charge in [0, 0.05) is 31.9 Å². The van der Waals surface area contributed by atoms with Gasteiger partial charge in [-0.25, -0.2) is 4.79 Å². The molecule has 2 unspecified atom stereocenters. The molecule has 6 nitrogen and oxygen atoms in total. The molecule has 1 aliphatic rings. The van der Waals surface area contributed by atoms with Crippen LogP contribution in [0.15, 0.2) is 30.5 Å². The maximum atomic E-state index is 11.9. The number of aromatic nitrogens is 1. The number of hydrogen-bond acceptors (Lipinski definition) is 3. The van der Waals surface area contributed by atoms with Crippen LogP contribution in [0.5, 0.6) is 0 Å². The molecule has 118 valence electrons. The summed E-state index contributed by atoms with van der Waals surface area (Å²) in [6.07, 6.45) is 2.32. The zero-order valence-electron chi connectivity index (χ0n) is 12.7. The maximum Gasteiger partial charge on any atom is 0.315 e. The highest BCUT2D eigenvalue weighted by Gasteiger charge is 2.27. The van der Waals surface area contributed by atoms with Crippen molar-refractivity contribution in [1.82, 2.24) is 20.5 Å². The number of H-pyrrole nitrogens is 1. The Labute approximate surface area is 129 Å². The van der Waals surface area contributed by atoms with Gasteiger partial charge in [-0.15, -0.1) is 0 Å². The summed E-state index contributed by atoms with van der Waals surface area (Å²) in [6.45, 7) is 1.70. The van der Waals surface area contributed by atoms with E-state index in [1.807, 2.05) is 37.5 Å². The lowest BCUT2D eigenvalue weighted by Gasteiger charge is -2.19. The van der Waals surface area contributed by atoms with Gasteiger partial charge in [0.05, 0.1) is 11.6 Å². The van der Waals surface area contributed by atoms with Crippen molar-refractivity contribution in [3.05, 3.63) is 36.0 Å². The van der Waals surface area contributed by atoms with Gasteiger partial charge in [-0.3, -0.25) is 4.90 Å². The summed E-state index contributed by atoms with van der Waals surface area (Å²) in [6, 6.07) is 8.06. The van der Waals surface area contributed by atoms with Gasteiger partial charge in [0.15, 0.2) is 0 Å². The zero-order chi connectivity index (χ0) is 15.5. The molecule has 1 aromatic heterocycles. The van der Waals surface area contributed by atoms with E-state index >= 15 is 0 Å². The minimum absolute atomic E-state index is 0.182. The average molecular weight is 302 g/mol. The Hall–Kier alpha value is -2.05. The molecule has 6 heteroatoms. The molecular formula is C16H22N4O2. The number of amides is 2. The molecule has 0 spiro atoms. The third-order valence-electron chi connectivity index (χ3n) is 4.28. The molecule has 0 saturated carbocycles. The van der Waals surface area contributed by atoms with Crippen molar-refractivity contribution in [3.8, 4) is 0 Å². The van der Waals surface area contributed by atoms with Crippen LogP contribution in [0.1, 0.15) is 12.0 Å². The minimum atomic E-state index is -0.287. The van der Waals surface area contributed by atoms with E-state index in [1.165, 1.54) is 0 Å². The van der Waals surface area contributed by atoms with Gasteiger partial charge in [0.25, 0.3) is 0 Å². The number of aromatic amines is 1. The van der Waals surface area contributed by atoms with Crippen molar-refractivity contribution in [2.24, 2.45) is 0 Å². The first-order valence-electron chi connectivity index (χ1n) is 7.58. The van der Waals surface area contributed by atoms with E-state index in [-0.39, 0.29) is 18.2 Å². The van der Waals surface area contributed by atoms with Crippen molar-refractivity contribution in [2.45, 2.75) is 25.1 Å². The highest BCUT2D eigenvalue weighted by atomic mass is 16.3. The molecule has 22 heavy (non-hydrogen) atoms. The Balaban J connectivity index is 1.49. The van der Waals surface area contributed by atoms with Crippen LogP contribution in [-0.4, -0.2) is 53.3 Å². The lowest BCUT2D eigenvalue weighted by Crippen LogP contribution is -2.42. The summed E-state index contributed by atoms with van der Waals surface area (Å²) in [7, 11) is 1.96. The Bertz CT molecular complexity index is 654. The van der Waals surface area contributed by atoms with Crippen molar-refractivity contribution in [1.29, 1.82) is 0 Å². The summed E-state index contributed by atoms with van der Waals surface area (Å²) >= 11 is 0. The Morgan fingerprint density at radius 3 is 3.05 bits per heavy atom. The number of likely N-dealkylation sites (N-methyl/N-ethyl adjacent to an activating group) is 1. The molecule has 1 saturated heterocycles. The third kappa shape index (κ3) is 3.23. The average Bonchev–Trinajstić information content (AvgIpc) is 3.09. The largest absolute Gasteiger partial charge is 0.392 e. The van der Waals surface area contributed by atoms with Crippen LogP contribution in [0.25, 0.3) is 10.9 Å². The summed E-state index contributed by atoms with van der Waals surface area (Å²) in [4.78, 5) is 17.2. The number of rotatable bonds is 4. The quantitative estimate of drug-likeness (QED) is 0.681. The number of benzene rings is 1. The van der Waals surface area contributed by atoms with Crippen molar-refractivity contribution in [2.75, 3.05) is 20.1 Å². The minimum Gasteiger partial charge on any atom is -0.392 e. The van der Waals surface area contributed by atoms with Gasteiger partial charge < -0.3 is 20.7 Å². The van der Waals surface area contributed by atoms with E-state index in [4.69, 9.17) is 0 Å². The van der Waals surface area contributed by atoms with Gasteiger partial charge in [-0.2, -0.15) is 0 Å².